The molecule has 0 N–H and O–H groups in total. The highest BCUT2D eigenvalue weighted by Gasteiger charge is 2.03. The Balaban J connectivity index is 2.85. The van der Waals surface area contributed by atoms with Crippen LogP contribution in [-0.2, 0) is 0 Å². The third-order valence-electron chi connectivity index (χ3n) is 1.54. The zero-order chi connectivity index (χ0) is 10.4. The van der Waals surface area contributed by atoms with Crippen LogP contribution in [-0.4, -0.2) is 6.61 Å². The molecule has 3 heteroatoms. The molecule has 0 saturated carbocycles. The van der Waals surface area contributed by atoms with Crippen LogP contribution in [0.3, 0.4) is 0 Å². The summed E-state index contributed by atoms with van der Waals surface area (Å²) in [5.41, 5.74) is 0.183. The lowest BCUT2D eigenvalue weighted by atomic mass is 10.2. The van der Waals surface area contributed by atoms with Gasteiger partial charge < -0.3 is 4.74 Å². The number of ether oxygens (including phenoxy) is 1. The first-order valence-corrected chi connectivity index (χ1v) is 4.00. The average Bonchev–Trinajstić information content (AvgIpc) is 2.20. The second-order valence-electron chi connectivity index (χ2n) is 2.47. The van der Waals surface area contributed by atoms with E-state index in [1.54, 1.807) is 6.92 Å². The molecule has 0 aliphatic heterocycles. The molecule has 0 radical (unpaired) electrons. The number of nitriles is 1. The van der Waals surface area contributed by atoms with E-state index in [0.29, 0.717) is 5.75 Å². The molecule has 1 aromatic rings. The fraction of sp³-hybridized carbons (Fsp3) is 0.182. The Morgan fingerprint density at radius 1 is 1.50 bits per heavy atom. The number of rotatable bonds is 2. The van der Waals surface area contributed by atoms with Crippen molar-refractivity contribution in [3.05, 3.63) is 29.6 Å². The summed E-state index contributed by atoms with van der Waals surface area (Å²) in [4.78, 5) is 0. The number of hydrogen-bond acceptors (Lipinski definition) is 2. The summed E-state index contributed by atoms with van der Waals surface area (Å²) in [6, 6.07) is 5.65. The van der Waals surface area contributed by atoms with Gasteiger partial charge in [0.2, 0.25) is 0 Å². The molecule has 0 aliphatic carbocycles. The van der Waals surface area contributed by atoms with Gasteiger partial charge in [0, 0.05) is 0 Å². The third kappa shape index (κ3) is 2.50. The van der Waals surface area contributed by atoms with Gasteiger partial charge in [0.1, 0.15) is 24.2 Å². The van der Waals surface area contributed by atoms with E-state index in [-0.39, 0.29) is 12.2 Å². The van der Waals surface area contributed by atoms with E-state index in [2.05, 4.69) is 11.8 Å². The monoisotopic (exact) mass is 189 g/mol. The van der Waals surface area contributed by atoms with E-state index in [4.69, 9.17) is 10.00 Å². The Morgan fingerprint density at radius 3 is 2.93 bits per heavy atom. The molecule has 0 unspecified atom stereocenters. The van der Waals surface area contributed by atoms with Crippen molar-refractivity contribution in [2.45, 2.75) is 6.92 Å². The average molecular weight is 189 g/mol. The molecule has 0 aliphatic rings. The van der Waals surface area contributed by atoms with Crippen molar-refractivity contribution in [2.75, 3.05) is 6.61 Å². The topological polar surface area (TPSA) is 33.0 Å². The third-order valence-corrected chi connectivity index (χ3v) is 1.54. The van der Waals surface area contributed by atoms with Gasteiger partial charge in [0.25, 0.3) is 0 Å². The molecule has 0 bridgehead atoms. The van der Waals surface area contributed by atoms with Crippen LogP contribution < -0.4 is 4.74 Å². The molecule has 0 aromatic heterocycles. The maximum absolute atomic E-state index is 12.7. The van der Waals surface area contributed by atoms with Gasteiger partial charge in [-0.2, -0.15) is 5.26 Å². The molecule has 0 atom stereocenters. The molecule has 0 fully saturated rings. The maximum Gasteiger partial charge on any atom is 0.149 e. The van der Waals surface area contributed by atoms with Crippen LogP contribution in [0.4, 0.5) is 4.39 Å². The Labute approximate surface area is 81.9 Å². The standard InChI is InChI=1S/C11H8FNO/c1-2-3-6-14-11-5-4-10(12)7-9(11)8-13/h4-5,7H,6H2,1H3. The van der Waals surface area contributed by atoms with Crippen molar-refractivity contribution in [1.82, 2.24) is 0 Å². The van der Waals surface area contributed by atoms with Crippen LogP contribution in [0, 0.1) is 29.0 Å². The molecule has 1 aromatic carbocycles. The minimum absolute atomic E-state index is 0.183. The lowest BCUT2D eigenvalue weighted by Crippen LogP contribution is -1.96. The molecule has 70 valence electrons. The van der Waals surface area contributed by atoms with Gasteiger partial charge in [-0.1, -0.05) is 5.92 Å². The van der Waals surface area contributed by atoms with Crippen molar-refractivity contribution in [2.24, 2.45) is 0 Å². The number of nitrogens with zero attached hydrogens (tertiary/aromatic N) is 1. The first-order chi connectivity index (χ1) is 6.77. The molecule has 0 amide bonds. The van der Waals surface area contributed by atoms with Gasteiger partial charge in [0.05, 0.1) is 5.56 Å². The minimum atomic E-state index is -0.449. The van der Waals surface area contributed by atoms with Crippen molar-refractivity contribution in [1.29, 1.82) is 5.26 Å². The van der Waals surface area contributed by atoms with E-state index in [1.165, 1.54) is 12.1 Å². The van der Waals surface area contributed by atoms with Crippen molar-refractivity contribution in [3.63, 3.8) is 0 Å². The molecule has 14 heavy (non-hydrogen) atoms. The molecular weight excluding hydrogens is 181 g/mol. The second-order valence-corrected chi connectivity index (χ2v) is 2.47. The van der Waals surface area contributed by atoms with E-state index in [1.807, 2.05) is 6.07 Å². The summed E-state index contributed by atoms with van der Waals surface area (Å²) < 4.78 is 17.8. The second kappa shape index (κ2) is 4.89. The van der Waals surface area contributed by atoms with E-state index in [9.17, 15) is 4.39 Å². The summed E-state index contributed by atoms with van der Waals surface area (Å²) in [6.45, 7) is 1.90. The quantitative estimate of drug-likeness (QED) is 0.667. The van der Waals surface area contributed by atoms with E-state index < -0.39 is 5.82 Å². The van der Waals surface area contributed by atoms with Gasteiger partial charge in [0.15, 0.2) is 0 Å². The molecule has 0 saturated heterocycles. The van der Waals surface area contributed by atoms with Crippen molar-refractivity contribution < 1.29 is 9.13 Å². The highest BCUT2D eigenvalue weighted by atomic mass is 19.1. The SMILES string of the molecule is CC#CCOc1ccc(F)cc1C#N. The minimum Gasteiger partial charge on any atom is -0.480 e. The normalized spacial score (nSPS) is 8.36. The Morgan fingerprint density at radius 2 is 2.29 bits per heavy atom. The number of benzene rings is 1. The Hall–Kier alpha value is -2.00. The van der Waals surface area contributed by atoms with Crippen LogP contribution in [0.25, 0.3) is 0 Å². The lowest BCUT2D eigenvalue weighted by Gasteiger charge is -2.03. The number of hydrogen-bond donors (Lipinski definition) is 0. The van der Waals surface area contributed by atoms with Crippen molar-refractivity contribution >= 4 is 0 Å². The number of halogens is 1. The molecule has 0 heterocycles. The van der Waals surface area contributed by atoms with E-state index >= 15 is 0 Å². The predicted octanol–water partition coefficient (Wildman–Crippen LogP) is 2.10. The smallest absolute Gasteiger partial charge is 0.149 e. The summed E-state index contributed by atoms with van der Waals surface area (Å²) in [5.74, 6) is 5.25. The summed E-state index contributed by atoms with van der Waals surface area (Å²) in [5, 5.41) is 8.67. The first kappa shape index (κ1) is 10.1. The Bertz CT molecular complexity index is 423. The van der Waals surface area contributed by atoms with Gasteiger partial charge >= 0.3 is 0 Å². The maximum atomic E-state index is 12.7. The summed E-state index contributed by atoms with van der Waals surface area (Å²) in [7, 11) is 0. The highest BCUT2D eigenvalue weighted by Crippen LogP contribution is 2.18. The van der Waals surface area contributed by atoms with Gasteiger partial charge in [-0.3, -0.25) is 0 Å². The van der Waals surface area contributed by atoms with E-state index in [0.717, 1.165) is 6.07 Å². The lowest BCUT2D eigenvalue weighted by molar-refractivity contribution is 0.368. The largest absolute Gasteiger partial charge is 0.480 e. The van der Waals surface area contributed by atoms with Crippen LogP contribution in [0.15, 0.2) is 18.2 Å². The molecule has 2 nitrogen and oxygen atoms in total. The predicted molar refractivity (Wildman–Crippen MR) is 50.1 cm³/mol. The molecule has 1 rings (SSSR count). The summed E-state index contributed by atoms with van der Waals surface area (Å²) >= 11 is 0. The fourth-order valence-corrected chi connectivity index (χ4v) is 0.901. The van der Waals surface area contributed by atoms with Crippen LogP contribution >= 0.6 is 0 Å². The molecular formula is C11H8FNO. The molecule has 0 spiro atoms. The van der Waals surface area contributed by atoms with Crippen molar-refractivity contribution in [3.8, 4) is 23.7 Å². The zero-order valence-corrected chi connectivity index (χ0v) is 7.67. The van der Waals surface area contributed by atoms with Gasteiger partial charge in [-0.25, -0.2) is 4.39 Å². The van der Waals surface area contributed by atoms with Gasteiger partial charge in [-0.05, 0) is 25.1 Å². The summed E-state index contributed by atoms with van der Waals surface area (Å²) in [6.07, 6.45) is 0. The van der Waals surface area contributed by atoms with Crippen LogP contribution in [0.1, 0.15) is 12.5 Å². The van der Waals surface area contributed by atoms with Crippen LogP contribution in [0.5, 0.6) is 5.75 Å². The fourth-order valence-electron chi connectivity index (χ4n) is 0.901. The van der Waals surface area contributed by atoms with Crippen LogP contribution in [0.2, 0.25) is 0 Å². The highest BCUT2D eigenvalue weighted by molar-refractivity contribution is 5.43. The van der Waals surface area contributed by atoms with Gasteiger partial charge in [-0.15, -0.1) is 5.92 Å². The Kier molecular flexibility index (Phi) is 3.52. The zero-order valence-electron chi connectivity index (χ0n) is 7.67. The first-order valence-electron chi connectivity index (χ1n) is 4.00.